The van der Waals surface area contributed by atoms with Crippen molar-refractivity contribution in [1.82, 2.24) is 5.32 Å². The van der Waals surface area contributed by atoms with Crippen molar-refractivity contribution >= 4 is 0 Å². The minimum absolute atomic E-state index is 0.648. The molecule has 0 aromatic carbocycles. The molecule has 0 amide bonds. The highest BCUT2D eigenvalue weighted by Crippen LogP contribution is 2.60. The van der Waals surface area contributed by atoms with Crippen molar-refractivity contribution in [3.8, 4) is 0 Å². The summed E-state index contributed by atoms with van der Waals surface area (Å²) in [6, 6.07) is 0. The summed E-state index contributed by atoms with van der Waals surface area (Å²) in [6.07, 6.45) is 5.94. The van der Waals surface area contributed by atoms with Crippen LogP contribution in [-0.2, 0) is 4.74 Å². The minimum Gasteiger partial charge on any atom is -0.384 e. The van der Waals surface area contributed by atoms with E-state index < -0.39 is 0 Å². The van der Waals surface area contributed by atoms with E-state index in [2.05, 4.69) is 12.2 Å². The van der Waals surface area contributed by atoms with Crippen molar-refractivity contribution < 1.29 is 4.74 Å². The van der Waals surface area contributed by atoms with Crippen molar-refractivity contribution in [2.24, 2.45) is 17.3 Å². The van der Waals surface area contributed by atoms with Gasteiger partial charge in [-0.25, -0.2) is 0 Å². The van der Waals surface area contributed by atoms with Crippen molar-refractivity contribution in [2.75, 3.05) is 26.8 Å². The van der Waals surface area contributed by atoms with Crippen molar-refractivity contribution in [2.45, 2.75) is 32.6 Å². The average molecular weight is 197 g/mol. The normalized spacial score (nSPS) is 26.1. The van der Waals surface area contributed by atoms with Crippen LogP contribution in [-0.4, -0.2) is 26.8 Å². The Labute approximate surface area is 87.4 Å². The Kier molecular flexibility index (Phi) is 3.13. The molecule has 0 spiro atoms. The number of ether oxygens (including phenoxy) is 1. The van der Waals surface area contributed by atoms with Crippen LogP contribution in [0.3, 0.4) is 0 Å². The van der Waals surface area contributed by atoms with Crippen LogP contribution in [0.5, 0.6) is 0 Å². The summed E-state index contributed by atoms with van der Waals surface area (Å²) in [5.41, 5.74) is 0.743. The highest BCUT2D eigenvalue weighted by atomic mass is 16.5. The van der Waals surface area contributed by atoms with Crippen LogP contribution in [0.25, 0.3) is 0 Å². The van der Waals surface area contributed by atoms with Gasteiger partial charge in [0, 0.05) is 20.3 Å². The Bertz CT molecular complexity index is 185. The van der Waals surface area contributed by atoms with Gasteiger partial charge in [-0.05, 0) is 49.5 Å². The van der Waals surface area contributed by atoms with Crippen molar-refractivity contribution in [3.05, 3.63) is 0 Å². The van der Waals surface area contributed by atoms with E-state index in [0.29, 0.717) is 5.92 Å². The van der Waals surface area contributed by atoms with Gasteiger partial charge in [0.25, 0.3) is 0 Å². The molecular formula is C12H23NO. The minimum atomic E-state index is 0.648. The van der Waals surface area contributed by atoms with Gasteiger partial charge in [-0.3, -0.25) is 0 Å². The van der Waals surface area contributed by atoms with Crippen molar-refractivity contribution in [3.63, 3.8) is 0 Å². The summed E-state index contributed by atoms with van der Waals surface area (Å²) in [7, 11) is 1.78. The van der Waals surface area contributed by atoms with E-state index in [1.54, 1.807) is 7.11 Å². The zero-order valence-corrected chi connectivity index (χ0v) is 9.51. The number of methoxy groups -OCH3 is 1. The Morgan fingerprint density at radius 1 is 1.43 bits per heavy atom. The number of hydrogen-bond acceptors (Lipinski definition) is 2. The van der Waals surface area contributed by atoms with Gasteiger partial charge in [-0.2, -0.15) is 0 Å². The molecule has 0 radical (unpaired) electrons. The highest BCUT2D eigenvalue weighted by Gasteiger charge is 2.53. The number of rotatable bonds is 7. The van der Waals surface area contributed by atoms with Crippen LogP contribution in [0, 0.1) is 17.3 Å². The third-order valence-electron chi connectivity index (χ3n) is 3.76. The zero-order chi connectivity index (χ0) is 10.0. The van der Waals surface area contributed by atoms with E-state index in [-0.39, 0.29) is 0 Å². The smallest absolute Gasteiger partial charge is 0.0499 e. The van der Waals surface area contributed by atoms with Crippen LogP contribution in [0.15, 0.2) is 0 Å². The van der Waals surface area contributed by atoms with E-state index in [1.165, 1.54) is 32.2 Å². The third-order valence-corrected chi connectivity index (χ3v) is 3.76. The molecular weight excluding hydrogens is 174 g/mol. The number of hydrogen-bond donors (Lipinski definition) is 1. The molecule has 1 N–H and O–H groups in total. The maximum absolute atomic E-state index is 5.12. The summed E-state index contributed by atoms with van der Waals surface area (Å²) in [5.74, 6) is 1.72. The van der Waals surface area contributed by atoms with Gasteiger partial charge < -0.3 is 10.1 Å². The van der Waals surface area contributed by atoms with Crippen LogP contribution in [0.4, 0.5) is 0 Å². The molecule has 0 aromatic rings. The number of nitrogens with one attached hydrogen (secondary N) is 1. The first-order chi connectivity index (χ1) is 6.77. The van der Waals surface area contributed by atoms with Crippen molar-refractivity contribution in [1.29, 1.82) is 0 Å². The second kappa shape index (κ2) is 4.19. The first kappa shape index (κ1) is 10.4. The Morgan fingerprint density at radius 3 is 2.64 bits per heavy atom. The summed E-state index contributed by atoms with van der Waals surface area (Å²) in [4.78, 5) is 0. The molecule has 0 aromatic heterocycles. The predicted octanol–water partition coefficient (Wildman–Crippen LogP) is 2.05. The van der Waals surface area contributed by atoms with Gasteiger partial charge in [0.15, 0.2) is 0 Å². The lowest BCUT2D eigenvalue weighted by molar-refractivity contribution is 0.157. The fourth-order valence-electron chi connectivity index (χ4n) is 2.50. The monoisotopic (exact) mass is 197 g/mol. The Morgan fingerprint density at radius 2 is 2.14 bits per heavy atom. The van der Waals surface area contributed by atoms with Crippen LogP contribution in [0.1, 0.15) is 32.6 Å². The SMILES string of the molecule is COCC(C)CNCC1(C2CC2)CC1. The van der Waals surface area contributed by atoms with E-state index in [4.69, 9.17) is 4.74 Å². The lowest BCUT2D eigenvalue weighted by Gasteiger charge is -2.17. The molecule has 2 aliphatic carbocycles. The van der Waals surface area contributed by atoms with E-state index in [1.807, 2.05) is 0 Å². The van der Waals surface area contributed by atoms with E-state index in [9.17, 15) is 0 Å². The quantitative estimate of drug-likeness (QED) is 0.674. The summed E-state index contributed by atoms with van der Waals surface area (Å²) >= 11 is 0. The van der Waals surface area contributed by atoms with Gasteiger partial charge in [-0.15, -0.1) is 0 Å². The summed E-state index contributed by atoms with van der Waals surface area (Å²) in [6.45, 7) is 5.49. The average Bonchev–Trinajstić information content (AvgIpc) is 3.00. The molecule has 2 rings (SSSR count). The largest absolute Gasteiger partial charge is 0.384 e. The Balaban J connectivity index is 1.58. The topological polar surface area (TPSA) is 21.3 Å². The highest BCUT2D eigenvalue weighted by molar-refractivity contribution is 5.04. The summed E-state index contributed by atoms with van der Waals surface area (Å²) in [5, 5.41) is 3.61. The second-order valence-corrected chi connectivity index (χ2v) is 5.33. The Hall–Kier alpha value is -0.0800. The zero-order valence-electron chi connectivity index (χ0n) is 9.51. The lowest BCUT2D eigenvalue weighted by atomic mass is 10.0. The van der Waals surface area contributed by atoms with Gasteiger partial charge in [-0.1, -0.05) is 6.92 Å². The maximum atomic E-state index is 5.12. The molecule has 1 unspecified atom stereocenters. The molecule has 2 aliphatic rings. The van der Waals surface area contributed by atoms with Crippen LogP contribution >= 0.6 is 0 Å². The third kappa shape index (κ3) is 2.48. The molecule has 0 heterocycles. The molecule has 2 fully saturated rings. The molecule has 2 saturated carbocycles. The molecule has 0 aliphatic heterocycles. The van der Waals surface area contributed by atoms with E-state index >= 15 is 0 Å². The van der Waals surface area contributed by atoms with Gasteiger partial charge >= 0.3 is 0 Å². The predicted molar refractivity (Wildman–Crippen MR) is 58.3 cm³/mol. The first-order valence-electron chi connectivity index (χ1n) is 5.96. The second-order valence-electron chi connectivity index (χ2n) is 5.33. The summed E-state index contributed by atoms with van der Waals surface area (Å²) < 4.78 is 5.12. The standard InChI is InChI=1S/C12H23NO/c1-10(8-14-2)7-13-9-12(5-6-12)11-3-4-11/h10-11,13H,3-9H2,1-2H3. The van der Waals surface area contributed by atoms with Gasteiger partial charge in [0.2, 0.25) is 0 Å². The first-order valence-corrected chi connectivity index (χ1v) is 5.96. The maximum Gasteiger partial charge on any atom is 0.0499 e. The van der Waals surface area contributed by atoms with Crippen LogP contribution in [0.2, 0.25) is 0 Å². The fraction of sp³-hybridized carbons (Fsp3) is 1.00. The molecule has 0 saturated heterocycles. The lowest BCUT2D eigenvalue weighted by Crippen LogP contribution is -2.30. The van der Waals surface area contributed by atoms with E-state index in [0.717, 1.165) is 24.5 Å². The molecule has 0 bridgehead atoms. The van der Waals surface area contributed by atoms with Crippen LogP contribution < -0.4 is 5.32 Å². The van der Waals surface area contributed by atoms with Gasteiger partial charge in [0.05, 0.1) is 0 Å². The van der Waals surface area contributed by atoms with Gasteiger partial charge in [0.1, 0.15) is 0 Å². The molecule has 2 heteroatoms. The molecule has 14 heavy (non-hydrogen) atoms. The fourth-order valence-corrected chi connectivity index (χ4v) is 2.50. The molecule has 1 atom stereocenters. The molecule has 2 nitrogen and oxygen atoms in total. The molecule has 82 valence electrons.